The summed E-state index contributed by atoms with van der Waals surface area (Å²) in [5, 5.41) is 3.02. The van der Waals surface area contributed by atoms with Crippen LogP contribution in [0.5, 0.6) is 5.75 Å². The summed E-state index contributed by atoms with van der Waals surface area (Å²) in [6, 6.07) is 15.9. The van der Waals surface area contributed by atoms with Gasteiger partial charge in [-0.3, -0.25) is 14.2 Å². The number of imidazole rings is 1. The Morgan fingerprint density at radius 1 is 1.10 bits per heavy atom. The van der Waals surface area contributed by atoms with Crippen LogP contribution >= 0.6 is 0 Å². The molecule has 2 heterocycles. The van der Waals surface area contributed by atoms with E-state index in [1.165, 1.54) is 0 Å². The summed E-state index contributed by atoms with van der Waals surface area (Å²) in [4.78, 5) is 21.3. The molecule has 6 heteroatoms. The van der Waals surface area contributed by atoms with Crippen molar-refractivity contribution in [2.45, 2.75) is 25.8 Å². The molecule has 0 radical (unpaired) electrons. The number of benzene rings is 2. The number of nitrogens with zero attached hydrogens (tertiary/aromatic N) is 3. The molecule has 2 aromatic heterocycles. The summed E-state index contributed by atoms with van der Waals surface area (Å²) in [6.45, 7) is 2.59. The van der Waals surface area contributed by atoms with E-state index in [1.54, 1.807) is 6.20 Å². The molecule has 4 aromatic rings. The van der Waals surface area contributed by atoms with Crippen molar-refractivity contribution in [2.24, 2.45) is 0 Å². The first kappa shape index (κ1) is 18.4. The second kappa shape index (κ2) is 7.63. The Morgan fingerprint density at radius 3 is 2.70 bits per heavy atom. The monoisotopic (exact) mass is 398 g/mol. The van der Waals surface area contributed by atoms with Crippen LogP contribution in [-0.2, 0) is 0 Å². The molecule has 1 aliphatic rings. The first-order valence-corrected chi connectivity index (χ1v) is 10.2. The second-order valence-electron chi connectivity index (χ2n) is 7.43. The molecule has 6 nitrogen and oxygen atoms in total. The fourth-order valence-corrected chi connectivity index (χ4v) is 3.45. The molecular formula is C24H22N4O2. The largest absolute Gasteiger partial charge is 0.494 e. The first-order valence-electron chi connectivity index (χ1n) is 10.2. The summed E-state index contributed by atoms with van der Waals surface area (Å²) in [7, 11) is 0. The highest BCUT2D eigenvalue weighted by molar-refractivity contribution is 5.95. The summed E-state index contributed by atoms with van der Waals surface area (Å²) in [5.41, 5.74) is 5.20. The normalized spacial score (nSPS) is 13.4. The van der Waals surface area contributed by atoms with Crippen molar-refractivity contribution in [3.8, 4) is 28.3 Å². The van der Waals surface area contributed by atoms with Crippen LogP contribution in [0.15, 0.2) is 67.1 Å². The molecule has 1 aliphatic carbocycles. The number of hydrogen-bond donors (Lipinski definition) is 1. The van der Waals surface area contributed by atoms with Gasteiger partial charge >= 0.3 is 0 Å². The predicted octanol–water partition coefficient (Wildman–Crippen LogP) is 4.35. The lowest BCUT2D eigenvalue weighted by Gasteiger charge is -2.08. The maximum atomic E-state index is 12.2. The van der Waals surface area contributed by atoms with Gasteiger partial charge in [-0.15, -0.1) is 0 Å². The highest BCUT2D eigenvalue weighted by atomic mass is 16.5. The number of fused-ring (bicyclic) bond motifs is 1. The molecule has 1 N–H and O–H groups in total. The van der Waals surface area contributed by atoms with Crippen molar-refractivity contribution < 1.29 is 9.53 Å². The number of carbonyl (C=O) groups is 1. The third-order valence-electron chi connectivity index (χ3n) is 5.19. The van der Waals surface area contributed by atoms with Gasteiger partial charge in [-0.25, -0.2) is 4.98 Å². The maximum absolute atomic E-state index is 12.2. The fraction of sp³-hybridized carbons (Fsp3) is 0.208. The van der Waals surface area contributed by atoms with E-state index in [2.05, 4.69) is 15.3 Å². The Bertz CT molecular complexity index is 1210. The zero-order valence-electron chi connectivity index (χ0n) is 16.7. The molecule has 1 saturated carbocycles. The summed E-state index contributed by atoms with van der Waals surface area (Å²) in [5.74, 6) is 0.811. The number of aromatic nitrogens is 3. The number of nitrogens with one attached hydrogen (secondary N) is 1. The zero-order valence-corrected chi connectivity index (χ0v) is 16.7. The molecule has 0 unspecified atom stereocenters. The molecule has 1 amide bonds. The number of rotatable bonds is 6. The van der Waals surface area contributed by atoms with E-state index in [0.29, 0.717) is 18.2 Å². The van der Waals surface area contributed by atoms with Crippen molar-refractivity contribution >= 4 is 11.6 Å². The van der Waals surface area contributed by atoms with Crippen molar-refractivity contribution in [1.29, 1.82) is 0 Å². The van der Waals surface area contributed by atoms with Crippen molar-refractivity contribution in [2.75, 3.05) is 6.61 Å². The third kappa shape index (κ3) is 3.64. The van der Waals surface area contributed by atoms with Crippen LogP contribution in [-0.4, -0.2) is 32.9 Å². The predicted molar refractivity (Wildman–Crippen MR) is 116 cm³/mol. The lowest BCUT2D eigenvalue weighted by Crippen LogP contribution is -2.25. The maximum Gasteiger partial charge on any atom is 0.251 e. The smallest absolute Gasteiger partial charge is 0.251 e. The number of hydrogen-bond acceptors (Lipinski definition) is 4. The Hall–Kier alpha value is -3.67. The number of carbonyl (C=O) groups excluding carboxylic acids is 1. The van der Waals surface area contributed by atoms with E-state index in [-0.39, 0.29) is 5.91 Å². The molecular weight excluding hydrogens is 376 g/mol. The average Bonchev–Trinajstić information content (AvgIpc) is 3.49. The molecule has 0 bridgehead atoms. The van der Waals surface area contributed by atoms with Crippen molar-refractivity contribution in [1.82, 2.24) is 19.7 Å². The molecule has 150 valence electrons. The molecule has 1 fully saturated rings. The van der Waals surface area contributed by atoms with E-state index in [4.69, 9.17) is 4.74 Å². The quantitative estimate of drug-likeness (QED) is 0.524. The molecule has 0 atom stereocenters. The van der Waals surface area contributed by atoms with E-state index in [9.17, 15) is 4.79 Å². The highest BCUT2D eigenvalue weighted by Crippen LogP contribution is 2.26. The van der Waals surface area contributed by atoms with Crippen LogP contribution in [0.1, 0.15) is 30.1 Å². The van der Waals surface area contributed by atoms with Crippen molar-refractivity contribution in [3.63, 3.8) is 0 Å². The second-order valence-corrected chi connectivity index (χ2v) is 7.43. The van der Waals surface area contributed by atoms with Gasteiger partial charge in [-0.2, -0.15) is 0 Å². The molecule has 0 spiro atoms. The number of amides is 1. The highest BCUT2D eigenvalue weighted by Gasteiger charge is 2.23. The Morgan fingerprint density at radius 2 is 1.93 bits per heavy atom. The SMILES string of the molecule is CCOc1cccc(-c2cn3c(-c4ccc(C(=O)NC5CC5)cc4)cnc3cn2)c1. The first-order chi connectivity index (χ1) is 14.7. The van der Waals surface area contributed by atoms with E-state index >= 15 is 0 Å². The third-order valence-corrected chi connectivity index (χ3v) is 5.19. The zero-order chi connectivity index (χ0) is 20.5. The van der Waals surface area contributed by atoms with Crippen molar-refractivity contribution in [3.05, 3.63) is 72.7 Å². The van der Waals surface area contributed by atoms with E-state index < -0.39 is 0 Å². The van der Waals surface area contributed by atoms with Crippen LogP contribution in [0, 0.1) is 0 Å². The van der Waals surface area contributed by atoms with Crippen LogP contribution in [0.25, 0.3) is 28.2 Å². The molecule has 30 heavy (non-hydrogen) atoms. The lowest BCUT2D eigenvalue weighted by atomic mass is 10.1. The molecule has 0 saturated heterocycles. The summed E-state index contributed by atoms with van der Waals surface area (Å²) >= 11 is 0. The summed E-state index contributed by atoms with van der Waals surface area (Å²) < 4.78 is 7.64. The van der Waals surface area contributed by atoms with E-state index in [0.717, 1.165) is 46.8 Å². The van der Waals surface area contributed by atoms with Gasteiger partial charge in [-0.05, 0) is 44.0 Å². The fourth-order valence-electron chi connectivity index (χ4n) is 3.45. The standard InChI is InChI=1S/C24H22N4O2/c1-2-30-20-5-3-4-18(12-20)21-15-28-22(13-26-23(28)14-25-21)16-6-8-17(9-7-16)24(29)27-19-10-11-19/h3-9,12-15,19H,2,10-11H2,1H3,(H,27,29). The van der Waals surface area contributed by atoms with Gasteiger partial charge in [0.25, 0.3) is 5.91 Å². The minimum atomic E-state index is -0.0112. The van der Waals surface area contributed by atoms with Gasteiger partial charge in [0.1, 0.15) is 5.75 Å². The average molecular weight is 398 g/mol. The minimum absolute atomic E-state index is 0.0112. The van der Waals surface area contributed by atoms with Gasteiger partial charge in [0.2, 0.25) is 0 Å². The van der Waals surface area contributed by atoms with Gasteiger partial charge in [0, 0.05) is 28.9 Å². The lowest BCUT2D eigenvalue weighted by molar-refractivity contribution is 0.0951. The van der Waals surface area contributed by atoms with Crippen LogP contribution in [0.2, 0.25) is 0 Å². The van der Waals surface area contributed by atoms with Crippen LogP contribution < -0.4 is 10.1 Å². The van der Waals surface area contributed by atoms with Crippen LogP contribution in [0.4, 0.5) is 0 Å². The topological polar surface area (TPSA) is 68.5 Å². The molecule has 5 rings (SSSR count). The Kier molecular flexibility index (Phi) is 4.67. The Labute approximate surface area is 174 Å². The minimum Gasteiger partial charge on any atom is -0.494 e. The molecule has 0 aliphatic heterocycles. The van der Waals surface area contributed by atoms with Gasteiger partial charge in [-0.1, -0.05) is 24.3 Å². The van der Waals surface area contributed by atoms with Crippen LogP contribution in [0.3, 0.4) is 0 Å². The van der Waals surface area contributed by atoms with Gasteiger partial charge < -0.3 is 10.1 Å². The summed E-state index contributed by atoms with van der Waals surface area (Å²) in [6.07, 6.45) is 7.74. The number of ether oxygens (including phenoxy) is 1. The molecule has 2 aromatic carbocycles. The Balaban J connectivity index is 1.47. The van der Waals surface area contributed by atoms with Gasteiger partial charge in [0.05, 0.1) is 30.4 Å². The van der Waals surface area contributed by atoms with Gasteiger partial charge in [0.15, 0.2) is 5.65 Å². The van der Waals surface area contributed by atoms with E-state index in [1.807, 2.05) is 72.2 Å².